The number of anilines is 3. The zero-order chi connectivity index (χ0) is 39.2. The van der Waals surface area contributed by atoms with E-state index in [0.29, 0.717) is 0 Å². The molecule has 278 valence electrons. The molecule has 1 unspecified atom stereocenters. The molecular formula is C55H53N. The highest BCUT2D eigenvalue weighted by Crippen LogP contribution is 2.55. The lowest BCUT2D eigenvalue weighted by molar-refractivity contribution is 0.569. The third-order valence-corrected chi connectivity index (χ3v) is 12.8. The molecule has 9 rings (SSSR count). The van der Waals surface area contributed by atoms with Gasteiger partial charge < -0.3 is 4.90 Å². The summed E-state index contributed by atoms with van der Waals surface area (Å²) in [6, 6.07) is 59.6. The van der Waals surface area contributed by atoms with Crippen LogP contribution in [-0.4, -0.2) is 0 Å². The molecule has 7 aromatic rings. The van der Waals surface area contributed by atoms with Gasteiger partial charge in [-0.1, -0.05) is 177 Å². The maximum Gasteiger partial charge on any atom is 0.0467 e. The molecule has 0 aliphatic heterocycles. The van der Waals surface area contributed by atoms with Gasteiger partial charge in [-0.15, -0.1) is 0 Å². The Labute approximate surface area is 334 Å². The molecule has 1 atom stereocenters. The number of hydrogen-bond acceptors (Lipinski definition) is 1. The molecule has 0 radical (unpaired) electrons. The Morgan fingerprint density at radius 2 is 0.911 bits per heavy atom. The van der Waals surface area contributed by atoms with Crippen LogP contribution in [0, 0.1) is 0 Å². The summed E-state index contributed by atoms with van der Waals surface area (Å²) in [5, 5.41) is 0. The van der Waals surface area contributed by atoms with E-state index in [1.54, 1.807) is 0 Å². The van der Waals surface area contributed by atoms with E-state index in [1.807, 2.05) is 0 Å². The first-order valence-electron chi connectivity index (χ1n) is 20.3. The molecule has 56 heavy (non-hydrogen) atoms. The Morgan fingerprint density at radius 1 is 0.393 bits per heavy atom. The minimum absolute atomic E-state index is 0.0188. The van der Waals surface area contributed by atoms with Crippen molar-refractivity contribution >= 4 is 17.1 Å². The Hall–Kier alpha value is -5.66. The highest BCUT2D eigenvalue weighted by Gasteiger charge is 2.41. The second kappa shape index (κ2) is 12.7. The van der Waals surface area contributed by atoms with Crippen molar-refractivity contribution in [2.45, 2.75) is 84.0 Å². The molecule has 0 N–H and O–H groups in total. The fourth-order valence-electron chi connectivity index (χ4n) is 9.63. The van der Waals surface area contributed by atoms with E-state index in [9.17, 15) is 0 Å². The quantitative estimate of drug-likeness (QED) is 0.171. The van der Waals surface area contributed by atoms with Crippen LogP contribution in [0.3, 0.4) is 0 Å². The third kappa shape index (κ3) is 5.58. The zero-order valence-electron chi connectivity index (χ0n) is 34.5. The lowest BCUT2D eigenvalue weighted by Crippen LogP contribution is -2.23. The summed E-state index contributed by atoms with van der Waals surface area (Å²) < 4.78 is 0. The molecule has 0 fully saturated rings. The van der Waals surface area contributed by atoms with Gasteiger partial charge in [0.25, 0.3) is 0 Å². The van der Waals surface area contributed by atoms with Crippen molar-refractivity contribution in [3.05, 3.63) is 197 Å². The summed E-state index contributed by atoms with van der Waals surface area (Å²) in [6.45, 7) is 21.1. The molecule has 0 aromatic heterocycles. The van der Waals surface area contributed by atoms with E-state index in [1.165, 1.54) is 78.0 Å². The Balaban J connectivity index is 1.24. The minimum atomic E-state index is -0.291. The predicted octanol–water partition coefficient (Wildman–Crippen LogP) is 15.1. The van der Waals surface area contributed by atoms with Crippen LogP contribution in [0.4, 0.5) is 17.1 Å². The van der Waals surface area contributed by atoms with Gasteiger partial charge in [-0.2, -0.15) is 0 Å². The van der Waals surface area contributed by atoms with Crippen LogP contribution in [-0.2, 0) is 21.7 Å². The summed E-state index contributed by atoms with van der Waals surface area (Å²) >= 11 is 0. The highest BCUT2D eigenvalue weighted by atomic mass is 15.1. The first kappa shape index (κ1) is 36.0. The van der Waals surface area contributed by atoms with E-state index in [4.69, 9.17) is 0 Å². The molecule has 0 saturated carbocycles. The molecule has 1 nitrogen and oxygen atoms in total. The Kier molecular flexibility index (Phi) is 8.16. The van der Waals surface area contributed by atoms with Gasteiger partial charge in [-0.3, -0.25) is 0 Å². The summed E-state index contributed by atoms with van der Waals surface area (Å²) in [5.74, 6) is 0. The maximum absolute atomic E-state index is 2.50. The lowest BCUT2D eigenvalue weighted by Gasteiger charge is -2.33. The van der Waals surface area contributed by atoms with Gasteiger partial charge in [0.2, 0.25) is 0 Å². The topological polar surface area (TPSA) is 3.24 Å². The minimum Gasteiger partial charge on any atom is -0.310 e. The summed E-state index contributed by atoms with van der Waals surface area (Å²) in [6.07, 6.45) is 0. The van der Waals surface area contributed by atoms with Crippen molar-refractivity contribution in [1.29, 1.82) is 0 Å². The van der Waals surface area contributed by atoms with Crippen LogP contribution < -0.4 is 4.90 Å². The number of hydrogen-bond donors (Lipinski definition) is 0. The van der Waals surface area contributed by atoms with Crippen LogP contribution >= 0.6 is 0 Å². The summed E-state index contributed by atoms with van der Waals surface area (Å²) in [5.41, 5.74) is 20.5. The molecule has 0 heterocycles. The predicted molar refractivity (Wildman–Crippen MR) is 239 cm³/mol. The van der Waals surface area contributed by atoms with Gasteiger partial charge in [-0.05, 0) is 126 Å². The molecule has 0 bridgehead atoms. The number of rotatable bonds is 5. The van der Waals surface area contributed by atoms with Gasteiger partial charge in [0.05, 0.1) is 0 Å². The van der Waals surface area contributed by atoms with Crippen LogP contribution in [0.1, 0.15) is 101 Å². The van der Waals surface area contributed by atoms with Crippen LogP contribution in [0.2, 0.25) is 0 Å². The van der Waals surface area contributed by atoms with Gasteiger partial charge in [0, 0.05) is 27.9 Å². The molecule has 2 aliphatic carbocycles. The lowest BCUT2D eigenvalue weighted by atomic mass is 9.74. The normalized spacial score (nSPS) is 16.5. The van der Waals surface area contributed by atoms with Crippen molar-refractivity contribution in [3.8, 4) is 33.4 Å². The fourth-order valence-corrected chi connectivity index (χ4v) is 9.63. The SMILES string of the molecule is CC(C)(C)c1cc(N(c2ccc(-c3cccc4c3C(C)(C)c3ccccc3-4)cc2)c2ccc3c(c2)C(C)(c2ccccc2)c2ccccc2-3)cc(C(C)(C)C)c1. The largest absolute Gasteiger partial charge is 0.310 e. The van der Waals surface area contributed by atoms with Gasteiger partial charge >= 0.3 is 0 Å². The van der Waals surface area contributed by atoms with E-state index in [2.05, 4.69) is 225 Å². The monoisotopic (exact) mass is 727 g/mol. The van der Waals surface area contributed by atoms with Crippen molar-refractivity contribution in [2.75, 3.05) is 4.90 Å². The average molecular weight is 728 g/mol. The summed E-state index contributed by atoms with van der Waals surface area (Å²) in [7, 11) is 0. The Morgan fingerprint density at radius 3 is 1.55 bits per heavy atom. The molecular weight excluding hydrogens is 675 g/mol. The van der Waals surface area contributed by atoms with E-state index < -0.39 is 0 Å². The number of benzene rings is 7. The molecule has 0 amide bonds. The molecule has 0 saturated heterocycles. The third-order valence-electron chi connectivity index (χ3n) is 12.8. The smallest absolute Gasteiger partial charge is 0.0467 e. The van der Waals surface area contributed by atoms with Crippen LogP contribution in [0.25, 0.3) is 33.4 Å². The first-order chi connectivity index (χ1) is 26.7. The van der Waals surface area contributed by atoms with Gasteiger partial charge in [-0.25, -0.2) is 0 Å². The second-order valence-corrected chi connectivity index (χ2v) is 18.8. The molecule has 1 heteroatoms. The summed E-state index contributed by atoms with van der Waals surface area (Å²) in [4.78, 5) is 2.50. The maximum atomic E-state index is 2.50. The van der Waals surface area contributed by atoms with E-state index in [0.717, 1.165) is 11.4 Å². The Bertz CT molecular complexity index is 2600. The van der Waals surface area contributed by atoms with Crippen molar-refractivity contribution < 1.29 is 0 Å². The van der Waals surface area contributed by atoms with E-state index >= 15 is 0 Å². The van der Waals surface area contributed by atoms with Gasteiger partial charge in [0.1, 0.15) is 0 Å². The number of fused-ring (bicyclic) bond motifs is 6. The molecule has 7 aromatic carbocycles. The zero-order valence-corrected chi connectivity index (χ0v) is 34.5. The number of nitrogens with zero attached hydrogens (tertiary/aromatic N) is 1. The van der Waals surface area contributed by atoms with Crippen LogP contribution in [0.15, 0.2) is 158 Å². The highest BCUT2D eigenvalue weighted by molar-refractivity contribution is 5.90. The molecule has 2 aliphatic rings. The van der Waals surface area contributed by atoms with Crippen LogP contribution in [0.5, 0.6) is 0 Å². The molecule has 0 spiro atoms. The second-order valence-electron chi connectivity index (χ2n) is 18.8. The fraction of sp³-hybridized carbons (Fsp3) is 0.236. The van der Waals surface area contributed by atoms with Crippen molar-refractivity contribution in [2.24, 2.45) is 0 Å². The van der Waals surface area contributed by atoms with Gasteiger partial charge in [0.15, 0.2) is 0 Å². The first-order valence-corrected chi connectivity index (χ1v) is 20.3. The average Bonchev–Trinajstić information content (AvgIpc) is 3.59. The van der Waals surface area contributed by atoms with Crippen molar-refractivity contribution in [3.63, 3.8) is 0 Å². The van der Waals surface area contributed by atoms with Crippen molar-refractivity contribution in [1.82, 2.24) is 0 Å². The van der Waals surface area contributed by atoms with E-state index in [-0.39, 0.29) is 21.7 Å². The standard InChI is InChI=1S/C55H53N/c1-52(2,3)38-32-39(53(4,5)6)34-42(33-38)56(41-30-31-46-44-20-14-16-25-49(44)55(9,50(46)35-41)37-18-11-10-12-19-37)40-28-26-36(27-29-40)43-22-17-23-47-45-21-13-15-24-48(45)54(7,8)51(43)47/h10-35H,1-9H3.